The Morgan fingerprint density at radius 3 is 2.35 bits per heavy atom. The highest BCUT2D eigenvalue weighted by Gasteiger charge is 2.08. The number of benzene rings is 2. The first-order valence-electron chi connectivity index (χ1n) is 8.01. The third-order valence-corrected chi connectivity index (χ3v) is 3.61. The Morgan fingerprint density at radius 2 is 1.74 bits per heavy atom. The van der Waals surface area contributed by atoms with Gasteiger partial charge in [0.25, 0.3) is 5.91 Å². The highest BCUT2D eigenvalue weighted by molar-refractivity contribution is 6.04. The molecule has 0 heterocycles. The fraction of sp³-hybridized carbons (Fsp3) is 0.316. The van der Waals surface area contributed by atoms with Gasteiger partial charge in [-0.25, -0.2) is 0 Å². The number of nitrogens with zero attached hydrogens (tertiary/aromatic N) is 1. The van der Waals surface area contributed by atoms with Crippen LogP contribution in [0.1, 0.15) is 29.3 Å². The van der Waals surface area contributed by atoms with E-state index in [9.17, 15) is 4.79 Å². The fourth-order valence-corrected chi connectivity index (χ4v) is 2.47. The average molecular weight is 312 g/mol. The number of nitrogens with one attached hydrogen (secondary N) is 1. The van der Waals surface area contributed by atoms with E-state index in [0.717, 1.165) is 30.8 Å². The van der Waals surface area contributed by atoms with E-state index in [1.807, 2.05) is 54.6 Å². The summed E-state index contributed by atoms with van der Waals surface area (Å²) in [5.41, 5.74) is 2.57. The maximum Gasteiger partial charge on any atom is 0.255 e. The molecule has 0 radical (unpaired) electrons. The van der Waals surface area contributed by atoms with Gasteiger partial charge in [0.2, 0.25) is 0 Å². The molecule has 0 atom stereocenters. The van der Waals surface area contributed by atoms with Crippen molar-refractivity contribution < 1.29 is 9.90 Å². The summed E-state index contributed by atoms with van der Waals surface area (Å²) in [6.07, 6.45) is 1.05. The number of aliphatic hydroxyl groups excluding tert-OH is 1. The molecule has 0 aliphatic rings. The molecule has 4 heteroatoms. The van der Waals surface area contributed by atoms with E-state index in [1.165, 1.54) is 0 Å². The quantitative estimate of drug-likeness (QED) is 0.787. The number of para-hydroxylation sites is 1. The van der Waals surface area contributed by atoms with Crippen LogP contribution in [-0.2, 0) is 6.54 Å². The third-order valence-electron chi connectivity index (χ3n) is 3.61. The van der Waals surface area contributed by atoms with E-state index in [-0.39, 0.29) is 12.5 Å². The molecule has 0 aliphatic heterocycles. The van der Waals surface area contributed by atoms with Crippen LogP contribution in [0.15, 0.2) is 54.6 Å². The van der Waals surface area contributed by atoms with Crippen molar-refractivity contribution in [1.29, 1.82) is 0 Å². The van der Waals surface area contributed by atoms with Crippen LogP contribution in [0.5, 0.6) is 0 Å². The summed E-state index contributed by atoms with van der Waals surface area (Å²) in [5.74, 6) is -0.108. The minimum atomic E-state index is -0.108. The van der Waals surface area contributed by atoms with E-state index < -0.39 is 0 Å². The van der Waals surface area contributed by atoms with Gasteiger partial charge < -0.3 is 10.4 Å². The predicted octanol–water partition coefficient (Wildman–Crippen LogP) is 3.14. The topological polar surface area (TPSA) is 52.6 Å². The van der Waals surface area contributed by atoms with Crippen LogP contribution >= 0.6 is 0 Å². The number of aliphatic hydroxyl groups is 1. The summed E-state index contributed by atoms with van der Waals surface area (Å²) in [4.78, 5) is 14.4. The number of hydrogen-bond donors (Lipinski definition) is 2. The molecule has 0 bridgehead atoms. The summed E-state index contributed by atoms with van der Waals surface area (Å²) in [6.45, 7) is 4.70. The number of carbonyl (C=O) groups is 1. The molecule has 0 unspecified atom stereocenters. The highest BCUT2D eigenvalue weighted by atomic mass is 16.3. The van der Waals surface area contributed by atoms with E-state index in [2.05, 4.69) is 17.1 Å². The molecule has 0 saturated heterocycles. The van der Waals surface area contributed by atoms with Gasteiger partial charge in [-0.05, 0) is 42.8 Å². The molecular formula is C19H24N2O2. The molecular weight excluding hydrogens is 288 g/mol. The van der Waals surface area contributed by atoms with Crippen LogP contribution in [0.2, 0.25) is 0 Å². The van der Waals surface area contributed by atoms with Crippen LogP contribution in [0.4, 0.5) is 5.69 Å². The average Bonchev–Trinajstić information content (AvgIpc) is 2.57. The van der Waals surface area contributed by atoms with Crippen molar-refractivity contribution >= 4 is 11.6 Å². The van der Waals surface area contributed by atoms with Gasteiger partial charge in [0.1, 0.15) is 0 Å². The van der Waals surface area contributed by atoms with Crippen molar-refractivity contribution in [3.8, 4) is 0 Å². The van der Waals surface area contributed by atoms with Gasteiger partial charge in [-0.1, -0.05) is 37.3 Å². The molecule has 0 saturated carbocycles. The Bertz CT molecular complexity index is 591. The second-order valence-electron chi connectivity index (χ2n) is 5.52. The largest absolute Gasteiger partial charge is 0.395 e. The Morgan fingerprint density at radius 1 is 1.04 bits per heavy atom. The van der Waals surface area contributed by atoms with E-state index in [4.69, 9.17) is 5.11 Å². The van der Waals surface area contributed by atoms with Crippen molar-refractivity contribution in [2.24, 2.45) is 0 Å². The monoisotopic (exact) mass is 312 g/mol. The van der Waals surface area contributed by atoms with Crippen molar-refractivity contribution in [3.63, 3.8) is 0 Å². The summed E-state index contributed by atoms with van der Waals surface area (Å²) in [6, 6.07) is 17.1. The molecule has 23 heavy (non-hydrogen) atoms. The molecule has 2 aromatic carbocycles. The molecule has 2 aromatic rings. The number of amides is 1. The molecule has 1 amide bonds. The second-order valence-corrected chi connectivity index (χ2v) is 5.52. The first-order chi connectivity index (χ1) is 11.2. The maximum absolute atomic E-state index is 12.2. The molecule has 0 fully saturated rings. The van der Waals surface area contributed by atoms with Crippen LogP contribution < -0.4 is 5.32 Å². The zero-order valence-corrected chi connectivity index (χ0v) is 13.5. The van der Waals surface area contributed by atoms with Gasteiger partial charge in [0.05, 0.1) is 6.61 Å². The van der Waals surface area contributed by atoms with Gasteiger partial charge in [0, 0.05) is 24.3 Å². The van der Waals surface area contributed by atoms with Crippen molar-refractivity contribution in [3.05, 3.63) is 65.7 Å². The molecule has 0 aliphatic carbocycles. The van der Waals surface area contributed by atoms with Crippen molar-refractivity contribution in [2.75, 3.05) is 25.0 Å². The first kappa shape index (κ1) is 17.2. The van der Waals surface area contributed by atoms with Gasteiger partial charge in [-0.3, -0.25) is 9.69 Å². The van der Waals surface area contributed by atoms with Crippen LogP contribution in [0.25, 0.3) is 0 Å². The lowest BCUT2D eigenvalue weighted by molar-refractivity contribution is 0.102. The fourth-order valence-electron chi connectivity index (χ4n) is 2.47. The standard InChI is InChI=1S/C19H24N2O2/c1-2-12-21(13-14-22)15-16-8-10-17(11-9-16)19(23)20-18-6-4-3-5-7-18/h3-11,22H,2,12-15H2,1H3,(H,20,23). The SMILES string of the molecule is CCCN(CCO)Cc1ccc(C(=O)Nc2ccccc2)cc1. The Hall–Kier alpha value is -2.17. The van der Waals surface area contributed by atoms with Gasteiger partial charge in [0.15, 0.2) is 0 Å². The normalized spacial score (nSPS) is 10.7. The number of carbonyl (C=O) groups excluding carboxylic acids is 1. The lowest BCUT2D eigenvalue weighted by atomic mass is 10.1. The lowest BCUT2D eigenvalue weighted by Crippen LogP contribution is -2.27. The summed E-state index contributed by atoms with van der Waals surface area (Å²) >= 11 is 0. The highest BCUT2D eigenvalue weighted by Crippen LogP contribution is 2.11. The molecule has 0 aromatic heterocycles. The van der Waals surface area contributed by atoms with Gasteiger partial charge in [-0.2, -0.15) is 0 Å². The molecule has 4 nitrogen and oxygen atoms in total. The Labute approximate surface area is 137 Å². The zero-order chi connectivity index (χ0) is 16.5. The van der Waals surface area contributed by atoms with Crippen LogP contribution in [0.3, 0.4) is 0 Å². The van der Waals surface area contributed by atoms with E-state index >= 15 is 0 Å². The molecule has 0 spiro atoms. The summed E-state index contributed by atoms with van der Waals surface area (Å²) in [5, 5.41) is 12.0. The van der Waals surface area contributed by atoms with Crippen LogP contribution in [0, 0.1) is 0 Å². The third kappa shape index (κ3) is 5.51. The number of rotatable bonds is 8. The van der Waals surface area contributed by atoms with Crippen molar-refractivity contribution in [2.45, 2.75) is 19.9 Å². The summed E-state index contributed by atoms with van der Waals surface area (Å²) in [7, 11) is 0. The zero-order valence-electron chi connectivity index (χ0n) is 13.5. The maximum atomic E-state index is 12.2. The molecule has 2 N–H and O–H groups in total. The first-order valence-corrected chi connectivity index (χ1v) is 8.01. The minimum absolute atomic E-state index is 0.108. The molecule has 122 valence electrons. The second kappa shape index (κ2) is 9.08. The number of hydrogen-bond acceptors (Lipinski definition) is 3. The van der Waals surface area contributed by atoms with Crippen LogP contribution in [-0.4, -0.2) is 35.6 Å². The lowest BCUT2D eigenvalue weighted by Gasteiger charge is -2.20. The Kier molecular flexibility index (Phi) is 6.78. The van der Waals surface area contributed by atoms with E-state index in [0.29, 0.717) is 12.1 Å². The van der Waals surface area contributed by atoms with Gasteiger partial charge in [-0.15, -0.1) is 0 Å². The Balaban J connectivity index is 1.97. The van der Waals surface area contributed by atoms with Crippen molar-refractivity contribution in [1.82, 2.24) is 4.90 Å². The minimum Gasteiger partial charge on any atom is -0.395 e. The smallest absolute Gasteiger partial charge is 0.255 e. The number of anilines is 1. The molecule has 2 rings (SSSR count). The van der Waals surface area contributed by atoms with E-state index in [1.54, 1.807) is 0 Å². The summed E-state index contributed by atoms with van der Waals surface area (Å²) < 4.78 is 0. The van der Waals surface area contributed by atoms with Gasteiger partial charge >= 0.3 is 0 Å². The predicted molar refractivity (Wildman–Crippen MR) is 93.5 cm³/mol.